The zero-order chi connectivity index (χ0) is 12.3. The number of rotatable bonds is 3. The molecular weight excluding hydrogens is 216 g/mol. The fourth-order valence-corrected chi connectivity index (χ4v) is 1.61. The Morgan fingerprint density at radius 3 is 2.88 bits per heavy atom. The Bertz CT molecular complexity index is 563. The minimum Gasteiger partial charge on any atom is -0.377 e. The molecule has 2 aromatic rings. The van der Waals surface area contributed by atoms with Gasteiger partial charge in [0.2, 0.25) is 0 Å². The summed E-state index contributed by atoms with van der Waals surface area (Å²) in [6, 6.07) is 9.31. The van der Waals surface area contributed by atoms with Gasteiger partial charge >= 0.3 is 0 Å². The monoisotopic (exact) mass is 230 g/mol. The van der Waals surface area contributed by atoms with E-state index in [2.05, 4.69) is 9.97 Å². The number of aromatic amines is 1. The number of aromatic nitrogens is 2. The Balaban J connectivity index is 2.43. The molecule has 0 radical (unpaired) electrons. The lowest BCUT2D eigenvalue weighted by molar-refractivity contribution is 0.119. The molecule has 0 saturated carbocycles. The molecule has 0 aliphatic rings. The fraction of sp³-hybridized carbons (Fsp3) is 0.231. The van der Waals surface area contributed by atoms with E-state index in [0.717, 1.165) is 11.1 Å². The predicted molar refractivity (Wildman–Crippen MR) is 65.7 cm³/mol. The van der Waals surface area contributed by atoms with E-state index in [-0.39, 0.29) is 11.7 Å². The summed E-state index contributed by atoms with van der Waals surface area (Å²) in [6.07, 6.45) is 1.43. The fourth-order valence-electron chi connectivity index (χ4n) is 1.61. The summed E-state index contributed by atoms with van der Waals surface area (Å²) >= 11 is 0. The van der Waals surface area contributed by atoms with Crippen molar-refractivity contribution in [3.63, 3.8) is 0 Å². The average molecular weight is 230 g/mol. The summed E-state index contributed by atoms with van der Waals surface area (Å²) in [5.41, 5.74) is 2.49. The van der Waals surface area contributed by atoms with Gasteiger partial charge in [0.1, 0.15) is 0 Å². The Kier molecular flexibility index (Phi) is 3.35. The van der Waals surface area contributed by atoms with Gasteiger partial charge in [0.15, 0.2) is 0 Å². The molecule has 2 rings (SSSR count). The second kappa shape index (κ2) is 4.93. The molecule has 0 aliphatic heterocycles. The van der Waals surface area contributed by atoms with Crippen molar-refractivity contribution in [3.05, 3.63) is 52.6 Å². The van der Waals surface area contributed by atoms with Crippen LogP contribution in [0.3, 0.4) is 0 Å². The van der Waals surface area contributed by atoms with Crippen LogP contribution in [-0.2, 0) is 4.74 Å². The largest absolute Gasteiger partial charge is 0.377 e. The highest BCUT2D eigenvalue weighted by molar-refractivity contribution is 5.59. The lowest BCUT2D eigenvalue weighted by atomic mass is 10.0. The second-order valence-electron chi connectivity index (χ2n) is 3.80. The smallest absolute Gasteiger partial charge is 0.251 e. The van der Waals surface area contributed by atoms with Gasteiger partial charge in [-0.25, -0.2) is 4.98 Å². The van der Waals surface area contributed by atoms with Crippen molar-refractivity contribution in [1.82, 2.24) is 9.97 Å². The maximum atomic E-state index is 11.2. The summed E-state index contributed by atoms with van der Waals surface area (Å²) in [6.45, 7) is 1.98. The van der Waals surface area contributed by atoms with Crippen LogP contribution in [0.25, 0.3) is 11.3 Å². The van der Waals surface area contributed by atoms with E-state index in [0.29, 0.717) is 5.69 Å². The Labute approximate surface area is 99.3 Å². The molecule has 1 heterocycles. The topological polar surface area (TPSA) is 55.0 Å². The lowest BCUT2D eigenvalue weighted by Gasteiger charge is -2.10. The van der Waals surface area contributed by atoms with Crippen molar-refractivity contribution < 1.29 is 4.74 Å². The number of ether oxygens (including phenoxy) is 1. The van der Waals surface area contributed by atoms with E-state index in [1.54, 1.807) is 7.11 Å². The number of nitrogens with zero attached hydrogens (tertiary/aromatic N) is 1. The summed E-state index contributed by atoms with van der Waals surface area (Å²) in [5.74, 6) is 0. The quantitative estimate of drug-likeness (QED) is 0.878. The number of hydrogen-bond donors (Lipinski definition) is 1. The number of nitrogens with one attached hydrogen (secondary N) is 1. The van der Waals surface area contributed by atoms with Crippen LogP contribution in [0.4, 0.5) is 0 Å². The molecule has 0 unspecified atom stereocenters. The highest BCUT2D eigenvalue weighted by Gasteiger charge is 2.06. The Morgan fingerprint density at radius 1 is 1.35 bits per heavy atom. The number of H-pyrrole nitrogens is 1. The maximum Gasteiger partial charge on any atom is 0.251 e. The minimum absolute atomic E-state index is 0.0250. The van der Waals surface area contributed by atoms with E-state index >= 15 is 0 Å². The zero-order valence-electron chi connectivity index (χ0n) is 9.81. The third kappa shape index (κ3) is 2.60. The Hall–Kier alpha value is -1.94. The SMILES string of the molecule is CO[C@@H](C)c1cccc(-c2cc(=O)[nH]cn2)c1. The first-order valence-electron chi connectivity index (χ1n) is 5.38. The normalized spacial score (nSPS) is 12.4. The van der Waals surface area contributed by atoms with Gasteiger partial charge in [-0.15, -0.1) is 0 Å². The zero-order valence-corrected chi connectivity index (χ0v) is 9.81. The van der Waals surface area contributed by atoms with Crippen molar-refractivity contribution in [2.75, 3.05) is 7.11 Å². The molecule has 0 spiro atoms. The van der Waals surface area contributed by atoms with Crippen LogP contribution in [-0.4, -0.2) is 17.1 Å². The van der Waals surface area contributed by atoms with Crippen LogP contribution in [0.15, 0.2) is 41.5 Å². The molecule has 0 saturated heterocycles. The van der Waals surface area contributed by atoms with Crippen LogP contribution in [0, 0.1) is 0 Å². The first-order chi connectivity index (χ1) is 8.20. The van der Waals surface area contributed by atoms with Crippen LogP contribution in [0.5, 0.6) is 0 Å². The summed E-state index contributed by atoms with van der Waals surface area (Å²) in [7, 11) is 1.67. The van der Waals surface area contributed by atoms with Gasteiger partial charge in [-0.05, 0) is 18.6 Å². The first kappa shape index (κ1) is 11.5. The highest BCUT2D eigenvalue weighted by atomic mass is 16.5. The summed E-state index contributed by atoms with van der Waals surface area (Å²) in [5, 5.41) is 0. The number of methoxy groups -OCH3 is 1. The molecule has 17 heavy (non-hydrogen) atoms. The molecule has 0 fully saturated rings. The highest BCUT2D eigenvalue weighted by Crippen LogP contribution is 2.22. The van der Waals surface area contributed by atoms with Crippen molar-refractivity contribution in [1.29, 1.82) is 0 Å². The van der Waals surface area contributed by atoms with E-state index in [4.69, 9.17) is 4.74 Å². The van der Waals surface area contributed by atoms with Crippen LogP contribution in [0.1, 0.15) is 18.6 Å². The minimum atomic E-state index is -0.153. The molecule has 1 atom stereocenters. The predicted octanol–water partition coefficient (Wildman–Crippen LogP) is 2.14. The number of hydrogen-bond acceptors (Lipinski definition) is 3. The standard InChI is InChI=1S/C13H14N2O2/c1-9(17-2)10-4-3-5-11(6-10)12-7-13(16)15-8-14-12/h3-9H,1-2H3,(H,14,15,16)/t9-/m0/s1. The van der Waals surface area contributed by atoms with E-state index in [1.165, 1.54) is 12.4 Å². The van der Waals surface area contributed by atoms with Crippen molar-refractivity contribution in [2.24, 2.45) is 0 Å². The summed E-state index contributed by atoms with van der Waals surface area (Å²) < 4.78 is 5.26. The molecule has 88 valence electrons. The molecule has 0 aliphatic carbocycles. The third-order valence-corrected chi connectivity index (χ3v) is 2.68. The molecule has 1 N–H and O–H groups in total. The molecule has 4 nitrogen and oxygen atoms in total. The van der Waals surface area contributed by atoms with Crippen LogP contribution >= 0.6 is 0 Å². The van der Waals surface area contributed by atoms with Gasteiger partial charge in [-0.2, -0.15) is 0 Å². The molecular formula is C13H14N2O2. The third-order valence-electron chi connectivity index (χ3n) is 2.68. The van der Waals surface area contributed by atoms with Gasteiger partial charge in [-0.3, -0.25) is 4.79 Å². The summed E-state index contributed by atoms with van der Waals surface area (Å²) in [4.78, 5) is 17.9. The molecule has 1 aromatic carbocycles. The number of benzene rings is 1. The van der Waals surface area contributed by atoms with Crippen LogP contribution in [0.2, 0.25) is 0 Å². The van der Waals surface area contributed by atoms with E-state index in [1.807, 2.05) is 31.2 Å². The van der Waals surface area contributed by atoms with E-state index < -0.39 is 0 Å². The molecule has 1 aromatic heterocycles. The van der Waals surface area contributed by atoms with Gasteiger partial charge in [0.25, 0.3) is 5.56 Å². The van der Waals surface area contributed by atoms with Gasteiger partial charge in [0, 0.05) is 18.7 Å². The molecule has 4 heteroatoms. The van der Waals surface area contributed by atoms with Crippen molar-refractivity contribution >= 4 is 0 Å². The Morgan fingerprint density at radius 2 is 2.18 bits per heavy atom. The lowest BCUT2D eigenvalue weighted by Crippen LogP contribution is -2.04. The van der Waals surface area contributed by atoms with Gasteiger partial charge in [-0.1, -0.05) is 18.2 Å². The van der Waals surface area contributed by atoms with Gasteiger partial charge in [0.05, 0.1) is 18.1 Å². The van der Waals surface area contributed by atoms with Crippen LogP contribution < -0.4 is 5.56 Å². The first-order valence-corrected chi connectivity index (χ1v) is 5.38. The average Bonchev–Trinajstić information content (AvgIpc) is 2.38. The van der Waals surface area contributed by atoms with E-state index in [9.17, 15) is 4.79 Å². The van der Waals surface area contributed by atoms with Crippen molar-refractivity contribution in [3.8, 4) is 11.3 Å². The molecule has 0 bridgehead atoms. The van der Waals surface area contributed by atoms with Gasteiger partial charge < -0.3 is 9.72 Å². The molecule has 0 amide bonds. The van der Waals surface area contributed by atoms with Crippen molar-refractivity contribution in [2.45, 2.75) is 13.0 Å². The maximum absolute atomic E-state index is 11.2. The second-order valence-corrected chi connectivity index (χ2v) is 3.80.